The van der Waals surface area contributed by atoms with Crippen LogP contribution in [0.25, 0.3) is 0 Å². The molecule has 0 aliphatic carbocycles. The summed E-state index contributed by atoms with van der Waals surface area (Å²) in [5, 5.41) is 0.761. The minimum atomic E-state index is 0.431. The van der Waals surface area contributed by atoms with Gasteiger partial charge in [-0.1, -0.05) is 34.5 Å². The van der Waals surface area contributed by atoms with Crippen molar-refractivity contribution in [3.05, 3.63) is 28.8 Å². The van der Waals surface area contributed by atoms with E-state index in [-0.39, 0.29) is 0 Å². The predicted octanol–water partition coefficient (Wildman–Crippen LogP) is 4.06. The van der Waals surface area contributed by atoms with Crippen LogP contribution in [0, 0.1) is 0 Å². The van der Waals surface area contributed by atoms with E-state index in [0.717, 1.165) is 22.8 Å². The molecule has 0 aliphatic heterocycles. The van der Waals surface area contributed by atoms with Crippen LogP contribution in [0.15, 0.2) is 18.2 Å². The fraction of sp³-hybridized carbons (Fsp3) is 0.455. The minimum absolute atomic E-state index is 0.431. The van der Waals surface area contributed by atoms with Crippen LogP contribution in [0.1, 0.15) is 19.4 Å². The molecule has 0 heterocycles. The molecule has 1 aromatic carbocycles. The fourth-order valence-electron chi connectivity index (χ4n) is 1.31. The third kappa shape index (κ3) is 3.50. The third-order valence-electron chi connectivity index (χ3n) is 1.82. The maximum Gasteiger partial charge on any atom is 0.122 e. The molecule has 1 nitrogen and oxygen atoms in total. The number of alkyl halides is 1. The highest BCUT2D eigenvalue weighted by molar-refractivity contribution is 9.09. The Bertz CT molecular complexity index is 299. The molecular formula is C11H14BrClO. The zero-order valence-electron chi connectivity index (χ0n) is 8.39. The van der Waals surface area contributed by atoms with Gasteiger partial charge in [0.1, 0.15) is 5.75 Å². The maximum atomic E-state index is 5.93. The van der Waals surface area contributed by atoms with Crippen molar-refractivity contribution in [1.82, 2.24) is 0 Å². The van der Waals surface area contributed by atoms with Crippen LogP contribution in [-0.4, -0.2) is 11.4 Å². The van der Waals surface area contributed by atoms with E-state index in [0.29, 0.717) is 11.4 Å². The Morgan fingerprint density at radius 1 is 1.50 bits per heavy atom. The Kier molecular flexibility index (Phi) is 4.76. The second-order valence-corrected chi connectivity index (χ2v) is 5.17. The van der Waals surface area contributed by atoms with E-state index in [1.165, 1.54) is 0 Å². The van der Waals surface area contributed by atoms with Gasteiger partial charge in [0, 0.05) is 9.85 Å². The monoisotopic (exact) mass is 276 g/mol. The lowest BCUT2D eigenvalue weighted by Gasteiger charge is -2.11. The van der Waals surface area contributed by atoms with Gasteiger partial charge in [-0.3, -0.25) is 0 Å². The first-order valence-corrected chi connectivity index (χ1v) is 5.98. The smallest absolute Gasteiger partial charge is 0.122 e. The molecule has 0 bridgehead atoms. The van der Waals surface area contributed by atoms with Gasteiger partial charge in [0.15, 0.2) is 0 Å². The molecule has 14 heavy (non-hydrogen) atoms. The molecule has 0 aromatic heterocycles. The van der Waals surface area contributed by atoms with E-state index in [4.69, 9.17) is 16.3 Å². The van der Waals surface area contributed by atoms with Crippen LogP contribution < -0.4 is 4.74 Å². The van der Waals surface area contributed by atoms with Crippen LogP contribution in [0.2, 0.25) is 5.02 Å². The molecule has 0 fully saturated rings. The van der Waals surface area contributed by atoms with E-state index in [9.17, 15) is 0 Å². The molecule has 0 saturated carbocycles. The fourth-order valence-corrected chi connectivity index (χ4v) is 1.85. The largest absolute Gasteiger partial charge is 0.494 e. The van der Waals surface area contributed by atoms with Crippen molar-refractivity contribution in [2.45, 2.75) is 25.1 Å². The molecular weight excluding hydrogens is 263 g/mol. The van der Waals surface area contributed by atoms with Crippen molar-refractivity contribution in [1.29, 1.82) is 0 Å². The Labute approximate surface area is 98.5 Å². The predicted molar refractivity (Wildman–Crippen MR) is 64.7 cm³/mol. The maximum absolute atomic E-state index is 5.93. The molecule has 0 saturated heterocycles. The number of halogens is 2. The summed E-state index contributed by atoms with van der Waals surface area (Å²) in [5.41, 5.74) is 1.16. The van der Waals surface area contributed by atoms with Crippen LogP contribution in [0.5, 0.6) is 5.75 Å². The van der Waals surface area contributed by atoms with Gasteiger partial charge in [0.05, 0.1) is 6.61 Å². The lowest BCUT2D eigenvalue weighted by molar-refractivity contribution is 0.336. The summed E-state index contributed by atoms with van der Waals surface area (Å²) in [6.07, 6.45) is 0.926. The Morgan fingerprint density at radius 2 is 2.21 bits per heavy atom. The van der Waals surface area contributed by atoms with Crippen molar-refractivity contribution in [2.24, 2.45) is 0 Å². The van der Waals surface area contributed by atoms with Crippen LogP contribution in [0.3, 0.4) is 0 Å². The van der Waals surface area contributed by atoms with Gasteiger partial charge in [-0.15, -0.1) is 0 Å². The van der Waals surface area contributed by atoms with Crippen molar-refractivity contribution >= 4 is 27.5 Å². The summed E-state index contributed by atoms with van der Waals surface area (Å²) in [5.74, 6) is 0.934. The van der Waals surface area contributed by atoms with Crippen molar-refractivity contribution in [2.75, 3.05) is 6.61 Å². The number of benzene rings is 1. The average Bonchev–Trinajstić information content (AvgIpc) is 2.09. The zero-order chi connectivity index (χ0) is 10.6. The number of hydrogen-bond donors (Lipinski definition) is 0. The van der Waals surface area contributed by atoms with E-state index in [2.05, 4.69) is 22.9 Å². The van der Waals surface area contributed by atoms with Gasteiger partial charge < -0.3 is 4.74 Å². The molecule has 1 unspecified atom stereocenters. The molecule has 0 aliphatic rings. The zero-order valence-corrected chi connectivity index (χ0v) is 10.7. The highest BCUT2D eigenvalue weighted by atomic mass is 79.9. The summed E-state index contributed by atoms with van der Waals surface area (Å²) in [6.45, 7) is 4.78. The van der Waals surface area contributed by atoms with Gasteiger partial charge in [-0.05, 0) is 37.1 Å². The molecule has 78 valence electrons. The van der Waals surface area contributed by atoms with E-state index >= 15 is 0 Å². The number of ether oxygens (including phenoxy) is 1. The highest BCUT2D eigenvalue weighted by Crippen LogP contribution is 2.25. The normalized spacial score (nSPS) is 12.6. The van der Waals surface area contributed by atoms with Crippen LogP contribution in [0.4, 0.5) is 0 Å². The van der Waals surface area contributed by atoms with Crippen molar-refractivity contribution in [3.8, 4) is 5.75 Å². The van der Waals surface area contributed by atoms with E-state index in [1.54, 1.807) is 0 Å². The Balaban J connectivity index is 2.90. The standard InChI is InChI=1S/C11H14BrClO/c1-3-14-11-5-4-10(13)7-9(11)6-8(2)12/h4-5,7-8H,3,6H2,1-2H3. The summed E-state index contributed by atoms with van der Waals surface area (Å²) in [7, 11) is 0. The topological polar surface area (TPSA) is 9.23 Å². The molecule has 1 rings (SSSR count). The van der Waals surface area contributed by atoms with Crippen molar-refractivity contribution in [3.63, 3.8) is 0 Å². The summed E-state index contributed by atoms with van der Waals surface area (Å²) >= 11 is 9.45. The highest BCUT2D eigenvalue weighted by Gasteiger charge is 2.07. The first kappa shape index (κ1) is 11.9. The van der Waals surface area contributed by atoms with Crippen molar-refractivity contribution < 1.29 is 4.74 Å². The molecule has 3 heteroatoms. The van der Waals surface area contributed by atoms with Gasteiger partial charge in [-0.2, -0.15) is 0 Å². The molecule has 1 aromatic rings. The van der Waals surface area contributed by atoms with E-state index < -0.39 is 0 Å². The Morgan fingerprint density at radius 3 is 2.79 bits per heavy atom. The van der Waals surface area contributed by atoms with Gasteiger partial charge in [-0.25, -0.2) is 0 Å². The van der Waals surface area contributed by atoms with Crippen LogP contribution in [-0.2, 0) is 6.42 Å². The molecule has 0 amide bonds. The molecule has 0 N–H and O–H groups in total. The van der Waals surface area contributed by atoms with E-state index in [1.807, 2.05) is 25.1 Å². The second-order valence-electron chi connectivity index (χ2n) is 3.17. The molecule has 0 radical (unpaired) electrons. The Hall–Kier alpha value is -0.210. The summed E-state index contributed by atoms with van der Waals surface area (Å²) < 4.78 is 5.51. The third-order valence-corrected chi connectivity index (χ3v) is 2.38. The lowest BCUT2D eigenvalue weighted by Crippen LogP contribution is -2.01. The quantitative estimate of drug-likeness (QED) is 0.754. The first-order chi connectivity index (χ1) is 6.63. The first-order valence-electron chi connectivity index (χ1n) is 4.68. The summed E-state index contributed by atoms with van der Waals surface area (Å²) in [4.78, 5) is 0.431. The molecule has 0 spiro atoms. The minimum Gasteiger partial charge on any atom is -0.494 e. The second kappa shape index (κ2) is 5.62. The number of rotatable bonds is 4. The van der Waals surface area contributed by atoms with Gasteiger partial charge in [0.2, 0.25) is 0 Å². The lowest BCUT2D eigenvalue weighted by atomic mass is 10.1. The average molecular weight is 278 g/mol. The van der Waals surface area contributed by atoms with Crippen LogP contribution >= 0.6 is 27.5 Å². The summed E-state index contributed by atoms with van der Waals surface area (Å²) in [6, 6.07) is 5.75. The number of hydrogen-bond acceptors (Lipinski definition) is 1. The molecule has 1 atom stereocenters. The van der Waals surface area contributed by atoms with Gasteiger partial charge in [0.25, 0.3) is 0 Å². The van der Waals surface area contributed by atoms with Gasteiger partial charge >= 0.3 is 0 Å². The SMILES string of the molecule is CCOc1ccc(Cl)cc1CC(C)Br.